The molecule has 11 aromatic rings. The predicted octanol–water partition coefficient (Wildman–Crippen LogP) is 22.0. The number of rotatable bonds is 9. The summed E-state index contributed by atoms with van der Waals surface area (Å²) in [5, 5.41) is 0. The van der Waals surface area contributed by atoms with E-state index in [1.165, 1.54) is 117 Å². The molecule has 0 radical (unpaired) electrons. The summed E-state index contributed by atoms with van der Waals surface area (Å²) in [6.07, 6.45) is 1.12. The monoisotopic (exact) mass is 1040 g/mol. The van der Waals surface area contributed by atoms with Crippen molar-refractivity contribution >= 4 is 17.1 Å². The molecule has 0 aromatic heterocycles. The number of fused-ring (bicyclic) bond motifs is 13. The van der Waals surface area contributed by atoms with Crippen molar-refractivity contribution in [1.82, 2.24) is 0 Å². The molecule has 0 amide bonds. The first kappa shape index (κ1) is 50.4. The Balaban J connectivity index is 0.901. The SMILES string of the molecule is CC(C)(C)CC(c1cccc(-c2ccc3c(c2)C2(c4ccccc4-3)c3ccccc3-c3ccc(-c4ccccc4-c4cccc(N(c5ccc(-c6ccccc6)cc5)c5ccc6c(c5)C(C)(C)c5ccccc5-6)c4)cc32)c1)C(C)(C)C. The van der Waals surface area contributed by atoms with E-state index in [1.54, 1.807) is 0 Å². The van der Waals surface area contributed by atoms with Gasteiger partial charge in [0.25, 0.3) is 0 Å². The Morgan fingerprint density at radius 1 is 0.309 bits per heavy atom. The van der Waals surface area contributed by atoms with Gasteiger partial charge in [0.05, 0.1) is 5.41 Å². The lowest BCUT2D eigenvalue weighted by Gasteiger charge is -2.36. The summed E-state index contributed by atoms with van der Waals surface area (Å²) >= 11 is 0. The molecule has 3 aliphatic rings. The van der Waals surface area contributed by atoms with Crippen molar-refractivity contribution in [3.05, 3.63) is 294 Å². The molecule has 0 heterocycles. The second kappa shape index (κ2) is 18.9. The van der Waals surface area contributed by atoms with Crippen LogP contribution in [0, 0.1) is 10.8 Å². The fourth-order valence-corrected chi connectivity index (χ4v) is 14.5. The van der Waals surface area contributed by atoms with Gasteiger partial charge in [0, 0.05) is 22.5 Å². The maximum atomic E-state index is 2.55. The Morgan fingerprint density at radius 3 is 1.36 bits per heavy atom. The van der Waals surface area contributed by atoms with E-state index < -0.39 is 5.41 Å². The van der Waals surface area contributed by atoms with Gasteiger partial charge >= 0.3 is 0 Å². The average Bonchev–Trinajstić information content (AvgIpc) is 3.11. The van der Waals surface area contributed by atoms with E-state index in [1.807, 2.05) is 0 Å². The van der Waals surface area contributed by atoms with Crippen LogP contribution in [0.3, 0.4) is 0 Å². The molecule has 394 valence electrons. The molecule has 0 saturated carbocycles. The largest absolute Gasteiger partial charge is 0.310 e. The molecule has 1 heteroatoms. The van der Waals surface area contributed by atoms with Gasteiger partial charge in [0.2, 0.25) is 0 Å². The van der Waals surface area contributed by atoms with Gasteiger partial charge in [0.15, 0.2) is 0 Å². The zero-order chi connectivity index (χ0) is 55.4. The standard InChI is InChI=1S/C80H69N/c1-77(2,3)51-76(78(4,5)6)58-26-20-24-54(46-58)55-38-43-68-65-31-15-18-34-71(65)80(74(68)48-55)72-35-19-16-32-66(72)69-44-39-57(49-75(69)80)63-29-13-12-28-62(63)56-25-21-27-60(47-56)81(59-40-36-53(37-41-59)52-22-10-9-11-23-52)61-42-45-67-64-30-14-17-33-70(64)79(7,8)73(67)50-61/h9-50,76H,51H2,1-8H3. The molecule has 3 aliphatic carbocycles. The summed E-state index contributed by atoms with van der Waals surface area (Å²) < 4.78 is 0. The molecule has 14 rings (SSSR count). The molecule has 1 spiro atoms. The van der Waals surface area contributed by atoms with E-state index >= 15 is 0 Å². The van der Waals surface area contributed by atoms with Crippen LogP contribution in [0.5, 0.6) is 0 Å². The van der Waals surface area contributed by atoms with Crippen LogP contribution >= 0.6 is 0 Å². The van der Waals surface area contributed by atoms with Crippen molar-refractivity contribution in [2.24, 2.45) is 10.8 Å². The van der Waals surface area contributed by atoms with Gasteiger partial charge in [-0.2, -0.15) is 0 Å². The van der Waals surface area contributed by atoms with Crippen LogP contribution in [-0.4, -0.2) is 0 Å². The minimum atomic E-state index is -0.515. The summed E-state index contributed by atoms with van der Waals surface area (Å²) in [6, 6.07) is 96.6. The molecule has 0 N–H and O–H groups in total. The second-order valence-electron chi connectivity index (χ2n) is 25.9. The van der Waals surface area contributed by atoms with E-state index in [0.29, 0.717) is 5.92 Å². The lowest BCUT2D eigenvalue weighted by Crippen LogP contribution is -2.26. The Hall–Kier alpha value is -8.78. The summed E-state index contributed by atoms with van der Waals surface area (Å²) in [4.78, 5) is 2.45. The number of hydrogen-bond donors (Lipinski definition) is 0. The first-order valence-corrected chi connectivity index (χ1v) is 29.2. The zero-order valence-electron chi connectivity index (χ0n) is 48.0. The normalized spacial score (nSPS) is 15.6. The topological polar surface area (TPSA) is 3.24 Å². The van der Waals surface area contributed by atoms with Crippen LogP contribution < -0.4 is 4.90 Å². The van der Waals surface area contributed by atoms with Crippen LogP contribution in [0.15, 0.2) is 255 Å². The fourth-order valence-electron chi connectivity index (χ4n) is 14.5. The zero-order valence-corrected chi connectivity index (χ0v) is 48.0. The van der Waals surface area contributed by atoms with Crippen molar-refractivity contribution in [2.75, 3.05) is 4.90 Å². The summed E-state index contributed by atoms with van der Waals surface area (Å²) in [5.74, 6) is 0.424. The Kier molecular flexibility index (Phi) is 11.8. The van der Waals surface area contributed by atoms with Crippen molar-refractivity contribution in [1.29, 1.82) is 0 Å². The molecule has 0 aliphatic heterocycles. The minimum absolute atomic E-state index is 0.121. The van der Waals surface area contributed by atoms with Gasteiger partial charge in [-0.1, -0.05) is 262 Å². The Morgan fingerprint density at radius 2 is 0.728 bits per heavy atom. The third-order valence-electron chi connectivity index (χ3n) is 18.3. The highest BCUT2D eigenvalue weighted by Crippen LogP contribution is 2.64. The van der Waals surface area contributed by atoms with Crippen molar-refractivity contribution < 1.29 is 0 Å². The third kappa shape index (κ3) is 8.26. The second-order valence-corrected chi connectivity index (χ2v) is 25.9. The van der Waals surface area contributed by atoms with Crippen LogP contribution in [0.25, 0.3) is 77.9 Å². The van der Waals surface area contributed by atoms with E-state index in [4.69, 9.17) is 0 Å². The van der Waals surface area contributed by atoms with Gasteiger partial charge in [-0.3, -0.25) is 0 Å². The lowest BCUT2D eigenvalue weighted by molar-refractivity contribution is 0.229. The lowest BCUT2D eigenvalue weighted by atomic mass is 9.68. The van der Waals surface area contributed by atoms with E-state index in [0.717, 1.165) is 23.5 Å². The minimum Gasteiger partial charge on any atom is -0.310 e. The number of nitrogens with zero attached hydrogens (tertiary/aromatic N) is 1. The highest BCUT2D eigenvalue weighted by atomic mass is 15.1. The average molecular weight is 1040 g/mol. The van der Waals surface area contributed by atoms with Crippen LogP contribution in [0.4, 0.5) is 17.1 Å². The molecule has 0 saturated heterocycles. The van der Waals surface area contributed by atoms with E-state index in [9.17, 15) is 0 Å². The first-order valence-electron chi connectivity index (χ1n) is 29.2. The van der Waals surface area contributed by atoms with Crippen molar-refractivity contribution in [3.8, 4) is 77.9 Å². The van der Waals surface area contributed by atoms with Crippen molar-refractivity contribution in [3.63, 3.8) is 0 Å². The number of benzene rings is 11. The number of hydrogen-bond acceptors (Lipinski definition) is 1. The molecule has 11 aromatic carbocycles. The van der Waals surface area contributed by atoms with Gasteiger partial charge in [-0.05, 0) is 189 Å². The van der Waals surface area contributed by atoms with Crippen LogP contribution in [0.1, 0.15) is 107 Å². The van der Waals surface area contributed by atoms with Crippen LogP contribution in [0.2, 0.25) is 0 Å². The van der Waals surface area contributed by atoms with E-state index in [-0.39, 0.29) is 16.2 Å². The molecular formula is C80H69N. The first-order chi connectivity index (χ1) is 39.2. The van der Waals surface area contributed by atoms with Gasteiger partial charge in [-0.15, -0.1) is 0 Å². The molecular weight excluding hydrogens is 975 g/mol. The molecule has 2 unspecified atom stereocenters. The smallest absolute Gasteiger partial charge is 0.0725 e. The molecule has 1 nitrogen and oxygen atoms in total. The maximum Gasteiger partial charge on any atom is 0.0725 e. The number of anilines is 3. The Bertz CT molecular complexity index is 4240. The summed E-state index contributed by atoms with van der Waals surface area (Å²) in [5.41, 5.74) is 30.2. The molecule has 0 bridgehead atoms. The van der Waals surface area contributed by atoms with Gasteiger partial charge in [-0.25, -0.2) is 0 Å². The summed E-state index contributed by atoms with van der Waals surface area (Å²) in [7, 11) is 0. The van der Waals surface area contributed by atoms with Gasteiger partial charge < -0.3 is 4.90 Å². The summed E-state index contributed by atoms with van der Waals surface area (Å²) in [6.45, 7) is 19.1. The Labute approximate surface area is 480 Å². The quantitative estimate of drug-likeness (QED) is 0.139. The third-order valence-corrected chi connectivity index (χ3v) is 18.3. The van der Waals surface area contributed by atoms with Crippen molar-refractivity contribution in [2.45, 2.75) is 78.6 Å². The fraction of sp³-hybridized carbons (Fsp3) is 0.175. The van der Waals surface area contributed by atoms with Crippen LogP contribution in [-0.2, 0) is 10.8 Å². The predicted molar refractivity (Wildman–Crippen MR) is 343 cm³/mol. The molecule has 81 heavy (non-hydrogen) atoms. The molecule has 2 atom stereocenters. The van der Waals surface area contributed by atoms with Gasteiger partial charge in [0.1, 0.15) is 0 Å². The highest BCUT2D eigenvalue weighted by molar-refractivity contribution is 5.98. The maximum absolute atomic E-state index is 2.55. The van der Waals surface area contributed by atoms with E-state index in [2.05, 4.69) is 315 Å². The highest BCUT2D eigenvalue weighted by Gasteiger charge is 2.52. The molecule has 0 fully saturated rings.